The molecule has 0 aliphatic heterocycles. The summed E-state index contributed by atoms with van der Waals surface area (Å²) in [6, 6.07) is 0.907. The maximum absolute atomic E-state index is 11.8. The number of carbonyl (C=O) groups is 2. The van der Waals surface area contributed by atoms with Crippen LogP contribution >= 0.6 is 0 Å². The van der Waals surface area contributed by atoms with Crippen molar-refractivity contribution in [1.82, 2.24) is 4.98 Å². The van der Waals surface area contributed by atoms with Crippen LogP contribution in [0.5, 0.6) is 0 Å². The van der Waals surface area contributed by atoms with Crippen molar-refractivity contribution >= 4 is 23.3 Å². The molecule has 0 bridgehead atoms. The number of aliphatic carboxylic acids is 1. The number of nitrogens with one attached hydrogen (secondary N) is 1. The first-order chi connectivity index (χ1) is 8.91. The van der Waals surface area contributed by atoms with Gasteiger partial charge < -0.3 is 21.1 Å². The topological polar surface area (TPSA) is 109 Å². The lowest BCUT2D eigenvalue weighted by molar-refractivity contribution is -0.137. The van der Waals surface area contributed by atoms with Crippen LogP contribution in [0.4, 0.5) is 11.4 Å². The number of hydrogen-bond acceptors (Lipinski definition) is 5. The molecule has 1 aromatic rings. The van der Waals surface area contributed by atoms with E-state index < -0.39 is 17.9 Å². The smallest absolute Gasteiger partial charge is 0.303 e. The number of carboxylic acids is 1. The van der Waals surface area contributed by atoms with E-state index in [1.165, 1.54) is 6.20 Å². The summed E-state index contributed by atoms with van der Waals surface area (Å²) in [5.41, 5.74) is 6.97. The molecule has 1 unspecified atom stereocenters. The number of nitrogens with zero attached hydrogens (tertiary/aromatic N) is 2. The van der Waals surface area contributed by atoms with Gasteiger partial charge in [0.25, 0.3) is 0 Å². The normalized spacial score (nSPS) is 11.7. The van der Waals surface area contributed by atoms with E-state index >= 15 is 0 Å². The van der Waals surface area contributed by atoms with Gasteiger partial charge in [0.15, 0.2) is 0 Å². The van der Waals surface area contributed by atoms with Gasteiger partial charge in [0.1, 0.15) is 0 Å². The molecular formula is C12H18N4O3. The number of amides is 1. The first-order valence-electron chi connectivity index (χ1n) is 5.81. The molecule has 0 radical (unpaired) electrons. The number of anilines is 2. The van der Waals surface area contributed by atoms with E-state index in [9.17, 15) is 9.59 Å². The molecule has 0 saturated carbocycles. The van der Waals surface area contributed by atoms with Crippen LogP contribution in [0.1, 0.15) is 12.8 Å². The number of pyridine rings is 1. The maximum Gasteiger partial charge on any atom is 0.303 e. The molecular weight excluding hydrogens is 248 g/mol. The Labute approximate surface area is 111 Å². The van der Waals surface area contributed by atoms with Crippen LogP contribution in [-0.2, 0) is 9.59 Å². The van der Waals surface area contributed by atoms with E-state index in [1.807, 2.05) is 19.0 Å². The van der Waals surface area contributed by atoms with E-state index in [4.69, 9.17) is 10.8 Å². The van der Waals surface area contributed by atoms with Crippen LogP contribution in [0.2, 0.25) is 0 Å². The zero-order valence-electron chi connectivity index (χ0n) is 11.0. The van der Waals surface area contributed by atoms with Crippen molar-refractivity contribution in [3.05, 3.63) is 18.5 Å². The minimum absolute atomic E-state index is 0.0960. The highest BCUT2D eigenvalue weighted by Crippen LogP contribution is 2.22. The molecule has 0 aliphatic carbocycles. The Morgan fingerprint density at radius 1 is 1.53 bits per heavy atom. The molecule has 1 atom stereocenters. The van der Waals surface area contributed by atoms with Gasteiger partial charge in [0.05, 0.1) is 23.6 Å². The highest BCUT2D eigenvalue weighted by molar-refractivity contribution is 5.97. The number of carboxylic acid groups (broad SMARTS) is 1. The van der Waals surface area contributed by atoms with Gasteiger partial charge in [-0.25, -0.2) is 0 Å². The van der Waals surface area contributed by atoms with Gasteiger partial charge in [-0.15, -0.1) is 0 Å². The molecule has 19 heavy (non-hydrogen) atoms. The summed E-state index contributed by atoms with van der Waals surface area (Å²) in [6.07, 6.45) is 3.10. The lowest BCUT2D eigenvalue weighted by atomic mass is 10.1. The first-order valence-corrected chi connectivity index (χ1v) is 5.81. The molecule has 0 fully saturated rings. The Morgan fingerprint density at radius 2 is 2.21 bits per heavy atom. The third-order valence-electron chi connectivity index (χ3n) is 2.54. The average Bonchev–Trinajstić information content (AvgIpc) is 2.36. The van der Waals surface area contributed by atoms with Gasteiger partial charge >= 0.3 is 5.97 Å². The van der Waals surface area contributed by atoms with Crippen LogP contribution in [0, 0.1) is 0 Å². The molecule has 1 amide bonds. The second-order valence-electron chi connectivity index (χ2n) is 4.32. The fourth-order valence-corrected chi connectivity index (χ4v) is 1.51. The molecule has 0 saturated heterocycles. The minimum atomic E-state index is -0.974. The van der Waals surface area contributed by atoms with Gasteiger partial charge in [0, 0.05) is 26.7 Å². The van der Waals surface area contributed by atoms with Crippen LogP contribution in [0.25, 0.3) is 0 Å². The highest BCUT2D eigenvalue weighted by atomic mass is 16.4. The van der Waals surface area contributed by atoms with Crippen molar-refractivity contribution in [1.29, 1.82) is 0 Å². The van der Waals surface area contributed by atoms with E-state index in [0.717, 1.165) is 5.69 Å². The molecule has 7 nitrogen and oxygen atoms in total. The largest absolute Gasteiger partial charge is 0.481 e. The summed E-state index contributed by atoms with van der Waals surface area (Å²) in [4.78, 5) is 28.0. The Morgan fingerprint density at radius 3 is 2.79 bits per heavy atom. The van der Waals surface area contributed by atoms with Crippen molar-refractivity contribution in [3.63, 3.8) is 0 Å². The molecule has 1 aromatic heterocycles. The van der Waals surface area contributed by atoms with Crippen molar-refractivity contribution in [2.75, 3.05) is 24.3 Å². The Hall–Kier alpha value is -2.15. The zero-order valence-corrected chi connectivity index (χ0v) is 11.0. The number of aromatic nitrogens is 1. The van der Waals surface area contributed by atoms with Crippen LogP contribution in [0.3, 0.4) is 0 Å². The Kier molecular flexibility index (Phi) is 5.25. The second kappa shape index (κ2) is 6.69. The van der Waals surface area contributed by atoms with Crippen molar-refractivity contribution in [2.24, 2.45) is 5.73 Å². The molecule has 1 rings (SSSR count). The predicted molar refractivity (Wildman–Crippen MR) is 72.0 cm³/mol. The number of carbonyl (C=O) groups excluding carboxylic acids is 1. The van der Waals surface area contributed by atoms with E-state index in [1.54, 1.807) is 12.3 Å². The summed E-state index contributed by atoms with van der Waals surface area (Å²) in [6.45, 7) is 0. The summed E-state index contributed by atoms with van der Waals surface area (Å²) in [5, 5.41) is 11.2. The molecule has 4 N–H and O–H groups in total. The van der Waals surface area contributed by atoms with Crippen molar-refractivity contribution in [3.8, 4) is 0 Å². The summed E-state index contributed by atoms with van der Waals surface area (Å²) in [7, 11) is 3.69. The van der Waals surface area contributed by atoms with Crippen molar-refractivity contribution in [2.45, 2.75) is 18.9 Å². The Bertz CT molecular complexity index is 462. The first kappa shape index (κ1) is 14.9. The van der Waals surface area contributed by atoms with Crippen LogP contribution in [-0.4, -0.2) is 42.1 Å². The standard InChI is InChI=1S/C12H18N4O3/c1-16(2)10-5-6-14-7-9(10)15-12(19)8(13)3-4-11(17)18/h5-8H,3-4,13H2,1-2H3,(H,15,19)(H,17,18). The zero-order chi connectivity index (χ0) is 14.4. The monoisotopic (exact) mass is 266 g/mol. The van der Waals surface area contributed by atoms with E-state index in [0.29, 0.717) is 5.69 Å². The van der Waals surface area contributed by atoms with Gasteiger partial charge in [-0.1, -0.05) is 0 Å². The quantitative estimate of drug-likeness (QED) is 0.682. The SMILES string of the molecule is CN(C)c1ccncc1NC(=O)C(N)CCC(=O)O. The second-order valence-corrected chi connectivity index (χ2v) is 4.32. The summed E-state index contributed by atoms with van der Waals surface area (Å²) in [5.74, 6) is -1.39. The molecule has 0 aromatic carbocycles. The molecule has 7 heteroatoms. The number of nitrogens with two attached hydrogens (primary N) is 1. The van der Waals surface area contributed by atoms with Crippen LogP contribution < -0.4 is 16.0 Å². The van der Waals surface area contributed by atoms with Gasteiger partial charge in [-0.05, 0) is 12.5 Å². The fourth-order valence-electron chi connectivity index (χ4n) is 1.51. The number of hydrogen-bond donors (Lipinski definition) is 3. The lowest BCUT2D eigenvalue weighted by Gasteiger charge is -2.18. The third-order valence-corrected chi connectivity index (χ3v) is 2.54. The molecule has 0 spiro atoms. The summed E-state index contributed by atoms with van der Waals surface area (Å²) >= 11 is 0. The minimum Gasteiger partial charge on any atom is -0.481 e. The van der Waals surface area contributed by atoms with E-state index in [-0.39, 0.29) is 12.8 Å². The molecule has 0 aliphatic rings. The summed E-state index contributed by atoms with van der Waals surface area (Å²) < 4.78 is 0. The molecule has 104 valence electrons. The van der Waals surface area contributed by atoms with Gasteiger partial charge in [-0.2, -0.15) is 0 Å². The van der Waals surface area contributed by atoms with E-state index in [2.05, 4.69) is 10.3 Å². The van der Waals surface area contributed by atoms with Crippen LogP contribution in [0.15, 0.2) is 18.5 Å². The predicted octanol–water partition coefficient (Wildman–Crippen LogP) is 0.278. The maximum atomic E-state index is 11.8. The fraction of sp³-hybridized carbons (Fsp3) is 0.417. The van der Waals surface area contributed by atoms with Gasteiger partial charge in [-0.3, -0.25) is 14.6 Å². The molecule has 1 heterocycles. The third kappa shape index (κ3) is 4.55. The lowest BCUT2D eigenvalue weighted by Crippen LogP contribution is -2.36. The highest BCUT2D eigenvalue weighted by Gasteiger charge is 2.16. The Balaban J connectivity index is 2.69. The van der Waals surface area contributed by atoms with Crippen molar-refractivity contribution < 1.29 is 14.7 Å². The average molecular weight is 266 g/mol. The van der Waals surface area contributed by atoms with Gasteiger partial charge in [0.2, 0.25) is 5.91 Å². The number of rotatable bonds is 6.